The van der Waals surface area contributed by atoms with Gasteiger partial charge in [0.15, 0.2) is 10.6 Å². The van der Waals surface area contributed by atoms with Crippen molar-refractivity contribution >= 4 is 29.0 Å². The molecule has 0 bridgehead atoms. The summed E-state index contributed by atoms with van der Waals surface area (Å²) in [6, 6.07) is 0. The lowest BCUT2D eigenvalue weighted by atomic mass is 10.1. The number of hydrogen-bond acceptors (Lipinski definition) is 1. The Balaban J connectivity index is 3.14. The number of ketones is 1. The van der Waals surface area contributed by atoms with E-state index in [1.165, 1.54) is 19.3 Å². The van der Waals surface area contributed by atoms with Gasteiger partial charge in [-0.05, 0) is 6.42 Å². The smallest absolute Gasteiger partial charge is 0.165 e. The topological polar surface area (TPSA) is 17.1 Å². The van der Waals surface area contributed by atoms with Crippen molar-refractivity contribution < 1.29 is 4.79 Å². The van der Waals surface area contributed by atoms with Gasteiger partial charge in [0.1, 0.15) is 0 Å². The zero-order chi connectivity index (χ0) is 9.40. The van der Waals surface area contributed by atoms with Gasteiger partial charge < -0.3 is 0 Å². The Bertz CT molecular complexity index is 124. The Labute approximate surface area is 84.4 Å². The van der Waals surface area contributed by atoms with E-state index in [1.807, 2.05) is 0 Å². The quantitative estimate of drug-likeness (QED) is 0.463. The van der Waals surface area contributed by atoms with Crippen LogP contribution in [0.25, 0.3) is 0 Å². The molecule has 0 aliphatic rings. The zero-order valence-electron chi connectivity index (χ0n) is 7.48. The van der Waals surface area contributed by atoms with Gasteiger partial charge in [0, 0.05) is 6.42 Å². The maximum atomic E-state index is 10.9. The van der Waals surface area contributed by atoms with Gasteiger partial charge in [-0.15, -0.1) is 0 Å². The van der Waals surface area contributed by atoms with Crippen molar-refractivity contribution in [2.24, 2.45) is 0 Å². The molecule has 0 saturated heterocycles. The van der Waals surface area contributed by atoms with Crippen molar-refractivity contribution in [1.29, 1.82) is 0 Å². The van der Waals surface area contributed by atoms with Gasteiger partial charge in [-0.1, -0.05) is 55.8 Å². The van der Waals surface area contributed by atoms with Crippen LogP contribution < -0.4 is 0 Å². The van der Waals surface area contributed by atoms with Crippen LogP contribution in [0.4, 0.5) is 0 Å². The molecule has 0 heterocycles. The molecule has 3 heteroatoms. The fourth-order valence-corrected chi connectivity index (χ4v) is 1.23. The fourth-order valence-electron chi connectivity index (χ4n) is 1.01. The number of rotatable bonds is 7. The van der Waals surface area contributed by atoms with Gasteiger partial charge >= 0.3 is 0 Å². The summed E-state index contributed by atoms with van der Waals surface area (Å²) in [6.45, 7) is 2.17. The number of alkyl halides is 2. The van der Waals surface area contributed by atoms with Crippen molar-refractivity contribution in [2.75, 3.05) is 0 Å². The molecule has 0 fully saturated rings. The molecule has 0 N–H and O–H groups in total. The van der Waals surface area contributed by atoms with Gasteiger partial charge in [-0.25, -0.2) is 0 Å². The molecule has 12 heavy (non-hydrogen) atoms. The largest absolute Gasteiger partial charge is 0.297 e. The molecule has 0 aliphatic carbocycles. The lowest BCUT2D eigenvalue weighted by Crippen LogP contribution is -2.06. The van der Waals surface area contributed by atoms with Crippen LogP contribution in [0.2, 0.25) is 0 Å². The summed E-state index contributed by atoms with van der Waals surface area (Å²) in [7, 11) is 0. The minimum atomic E-state index is -0.823. The van der Waals surface area contributed by atoms with Gasteiger partial charge in [0.2, 0.25) is 0 Å². The van der Waals surface area contributed by atoms with Crippen molar-refractivity contribution in [1.82, 2.24) is 0 Å². The monoisotopic (exact) mass is 210 g/mol. The first-order valence-corrected chi connectivity index (χ1v) is 5.36. The third-order valence-corrected chi connectivity index (χ3v) is 2.26. The van der Waals surface area contributed by atoms with E-state index >= 15 is 0 Å². The zero-order valence-corrected chi connectivity index (χ0v) is 9.00. The molecule has 72 valence electrons. The molecule has 1 nitrogen and oxygen atoms in total. The molecule has 0 aliphatic heterocycles. The van der Waals surface area contributed by atoms with Crippen molar-refractivity contribution in [3.8, 4) is 0 Å². The molecule has 0 aromatic heterocycles. The fraction of sp³-hybridized carbons (Fsp3) is 0.889. The number of carbonyl (C=O) groups is 1. The molecule has 0 aromatic carbocycles. The second-order valence-electron chi connectivity index (χ2n) is 2.93. The Kier molecular flexibility index (Phi) is 8.04. The first-order valence-electron chi connectivity index (χ1n) is 4.49. The van der Waals surface area contributed by atoms with Crippen LogP contribution in [0, 0.1) is 0 Å². The average molecular weight is 211 g/mol. The molecular formula is C9H16Cl2O. The predicted octanol–water partition coefficient (Wildman–Crippen LogP) is 3.72. The molecule has 0 spiro atoms. The van der Waals surface area contributed by atoms with Crippen LogP contribution in [-0.4, -0.2) is 10.6 Å². The van der Waals surface area contributed by atoms with Crippen molar-refractivity contribution in [3.05, 3.63) is 0 Å². The Morgan fingerprint density at radius 1 is 1.17 bits per heavy atom. The number of carbonyl (C=O) groups excluding carboxylic acids is 1. The summed E-state index contributed by atoms with van der Waals surface area (Å²) >= 11 is 10.8. The molecule has 0 atom stereocenters. The molecule has 0 aromatic rings. The number of hydrogen-bond donors (Lipinski definition) is 0. The summed E-state index contributed by atoms with van der Waals surface area (Å²) in [5.41, 5.74) is 0. The molecule has 0 amide bonds. The molecule has 0 rings (SSSR count). The maximum absolute atomic E-state index is 10.9. The Morgan fingerprint density at radius 3 is 2.25 bits per heavy atom. The normalized spacial score (nSPS) is 10.7. The summed E-state index contributed by atoms with van der Waals surface area (Å²) in [4.78, 5) is 10.1. The number of halogens is 2. The lowest BCUT2D eigenvalue weighted by molar-refractivity contribution is -0.117. The predicted molar refractivity (Wildman–Crippen MR) is 53.9 cm³/mol. The second-order valence-corrected chi connectivity index (χ2v) is 4.03. The SMILES string of the molecule is CCCCCCCC(=O)C(Cl)Cl. The van der Waals surface area contributed by atoms with Gasteiger partial charge in [0.25, 0.3) is 0 Å². The minimum absolute atomic E-state index is 0.0465. The minimum Gasteiger partial charge on any atom is -0.297 e. The average Bonchev–Trinajstić information content (AvgIpc) is 2.03. The van der Waals surface area contributed by atoms with Crippen LogP contribution in [0.5, 0.6) is 0 Å². The molecule has 0 saturated carbocycles. The molecular weight excluding hydrogens is 195 g/mol. The highest BCUT2D eigenvalue weighted by Crippen LogP contribution is 2.10. The summed E-state index contributed by atoms with van der Waals surface area (Å²) in [6.07, 6.45) is 6.25. The van der Waals surface area contributed by atoms with Crippen molar-refractivity contribution in [2.45, 2.75) is 50.3 Å². The molecule has 0 radical (unpaired) electrons. The van der Waals surface area contributed by atoms with Crippen LogP contribution in [-0.2, 0) is 4.79 Å². The van der Waals surface area contributed by atoms with E-state index < -0.39 is 4.84 Å². The van der Waals surface area contributed by atoms with Crippen LogP contribution in [0.1, 0.15) is 45.4 Å². The van der Waals surface area contributed by atoms with Crippen molar-refractivity contribution in [3.63, 3.8) is 0 Å². The first kappa shape index (κ1) is 12.2. The van der Waals surface area contributed by atoms with Crippen LogP contribution in [0.3, 0.4) is 0 Å². The number of unbranched alkanes of at least 4 members (excludes halogenated alkanes) is 4. The first-order chi connectivity index (χ1) is 5.68. The van der Waals surface area contributed by atoms with E-state index in [1.54, 1.807) is 0 Å². The molecule has 0 unspecified atom stereocenters. The van der Waals surface area contributed by atoms with Crippen LogP contribution >= 0.6 is 23.2 Å². The second kappa shape index (κ2) is 7.88. The third-order valence-electron chi connectivity index (χ3n) is 1.77. The summed E-state index contributed by atoms with van der Waals surface area (Å²) in [5, 5.41) is 0. The summed E-state index contributed by atoms with van der Waals surface area (Å²) in [5.74, 6) is -0.0465. The van der Waals surface area contributed by atoms with E-state index in [4.69, 9.17) is 23.2 Å². The Morgan fingerprint density at radius 2 is 1.75 bits per heavy atom. The highest BCUT2D eigenvalue weighted by molar-refractivity contribution is 6.53. The maximum Gasteiger partial charge on any atom is 0.165 e. The van der Waals surface area contributed by atoms with E-state index in [-0.39, 0.29) is 5.78 Å². The standard InChI is InChI=1S/C9H16Cl2O/c1-2-3-4-5-6-7-8(12)9(10)11/h9H,2-7H2,1H3. The lowest BCUT2D eigenvalue weighted by Gasteiger charge is -2.00. The van der Waals surface area contributed by atoms with E-state index in [2.05, 4.69) is 6.92 Å². The highest BCUT2D eigenvalue weighted by atomic mass is 35.5. The van der Waals surface area contributed by atoms with E-state index in [0.717, 1.165) is 12.8 Å². The third kappa shape index (κ3) is 6.93. The van der Waals surface area contributed by atoms with Gasteiger partial charge in [-0.2, -0.15) is 0 Å². The van der Waals surface area contributed by atoms with Gasteiger partial charge in [0.05, 0.1) is 0 Å². The van der Waals surface area contributed by atoms with E-state index in [9.17, 15) is 4.79 Å². The van der Waals surface area contributed by atoms with Crippen LogP contribution in [0.15, 0.2) is 0 Å². The van der Waals surface area contributed by atoms with Gasteiger partial charge in [-0.3, -0.25) is 4.79 Å². The number of Topliss-reactive ketones (excluding diaryl/α,β-unsaturated/α-hetero) is 1. The van der Waals surface area contributed by atoms with E-state index in [0.29, 0.717) is 6.42 Å². The summed E-state index contributed by atoms with van der Waals surface area (Å²) < 4.78 is 0. The Hall–Kier alpha value is 0.250. The highest BCUT2D eigenvalue weighted by Gasteiger charge is 2.09.